The molecule has 0 aliphatic rings. The van der Waals surface area contributed by atoms with Gasteiger partial charge in [-0.05, 0) is 31.5 Å². The van der Waals surface area contributed by atoms with Gasteiger partial charge in [-0.25, -0.2) is 4.39 Å². The van der Waals surface area contributed by atoms with Crippen molar-refractivity contribution >= 4 is 17.5 Å². The lowest BCUT2D eigenvalue weighted by Crippen LogP contribution is -2.32. The van der Waals surface area contributed by atoms with Crippen LogP contribution in [-0.2, 0) is 0 Å². The third kappa shape index (κ3) is 3.20. The molecule has 0 saturated carbocycles. The zero-order valence-electron chi connectivity index (χ0n) is 8.68. The molecule has 0 spiro atoms. The van der Waals surface area contributed by atoms with E-state index in [9.17, 15) is 9.18 Å². The molecule has 1 unspecified atom stereocenters. The van der Waals surface area contributed by atoms with Crippen LogP contribution in [0.25, 0.3) is 0 Å². The van der Waals surface area contributed by atoms with E-state index >= 15 is 0 Å². The third-order valence-corrected chi connectivity index (χ3v) is 2.48. The number of hydrogen-bond acceptors (Lipinski definition) is 1. The zero-order valence-corrected chi connectivity index (χ0v) is 9.44. The molecule has 1 amide bonds. The summed E-state index contributed by atoms with van der Waals surface area (Å²) >= 11 is 5.75. The molecule has 0 radical (unpaired) electrons. The van der Waals surface area contributed by atoms with Gasteiger partial charge in [-0.15, -0.1) is 0 Å². The second kappa shape index (κ2) is 5.12. The standard InChI is InChI=1S/C11H13ClFNO/c1-3-7(2)14-11(15)9-5-4-8(13)6-10(9)12/h4-7H,3H2,1-2H3,(H,14,15). The third-order valence-electron chi connectivity index (χ3n) is 2.17. The van der Waals surface area contributed by atoms with Gasteiger partial charge >= 0.3 is 0 Å². The molecular formula is C11H13ClFNO. The molecule has 1 atom stereocenters. The molecule has 82 valence electrons. The molecule has 15 heavy (non-hydrogen) atoms. The average Bonchev–Trinajstić information content (AvgIpc) is 2.17. The van der Waals surface area contributed by atoms with Crippen LogP contribution in [0.1, 0.15) is 30.6 Å². The molecule has 1 N–H and O–H groups in total. The molecule has 2 nitrogen and oxygen atoms in total. The van der Waals surface area contributed by atoms with E-state index in [0.717, 1.165) is 12.5 Å². The fraction of sp³-hybridized carbons (Fsp3) is 0.364. The van der Waals surface area contributed by atoms with Crippen molar-refractivity contribution in [2.24, 2.45) is 0 Å². The Bertz CT molecular complexity index is 368. The SMILES string of the molecule is CCC(C)NC(=O)c1ccc(F)cc1Cl. The van der Waals surface area contributed by atoms with Crippen molar-refractivity contribution < 1.29 is 9.18 Å². The highest BCUT2D eigenvalue weighted by Crippen LogP contribution is 2.17. The lowest BCUT2D eigenvalue weighted by molar-refractivity contribution is 0.0939. The maximum atomic E-state index is 12.7. The Labute approximate surface area is 93.4 Å². The van der Waals surface area contributed by atoms with E-state index in [1.807, 2.05) is 13.8 Å². The number of rotatable bonds is 3. The monoisotopic (exact) mass is 229 g/mol. The van der Waals surface area contributed by atoms with E-state index in [4.69, 9.17) is 11.6 Å². The molecule has 0 saturated heterocycles. The van der Waals surface area contributed by atoms with Crippen LogP contribution < -0.4 is 5.32 Å². The first-order valence-electron chi connectivity index (χ1n) is 4.80. The summed E-state index contributed by atoms with van der Waals surface area (Å²) in [4.78, 5) is 11.6. The summed E-state index contributed by atoms with van der Waals surface area (Å²) in [6, 6.07) is 3.82. The maximum absolute atomic E-state index is 12.7. The first-order chi connectivity index (χ1) is 7.04. The molecule has 0 heterocycles. The fourth-order valence-corrected chi connectivity index (χ4v) is 1.33. The van der Waals surface area contributed by atoms with E-state index < -0.39 is 5.82 Å². The summed E-state index contributed by atoms with van der Waals surface area (Å²) in [6.07, 6.45) is 0.838. The summed E-state index contributed by atoms with van der Waals surface area (Å²) in [7, 11) is 0. The molecule has 0 bridgehead atoms. The normalized spacial score (nSPS) is 12.3. The van der Waals surface area contributed by atoms with Crippen molar-refractivity contribution in [2.45, 2.75) is 26.3 Å². The lowest BCUT2D eigenvalue weighted by atomic mass is 10.2. The first kappa shape index (κ1) is 12.0. The molecule has 1 aromatic carbocycles. The summed E-state index contributed by atoms with van der Waals surface area (Å²) in [5.41, 5.74) is 0.304. The highest BCUT2D eigenvalue weighted by atomic mass is 35.5. The Balaban J connectivity index is 2.82. The van der Waals surface area contributed by atoms with Gasteiger partial charge in [0, 0.05) is 6.04 Å². The first-order valence-corrected chi connectivity index (χ1v) is 5.18. The van der Waals surface area contributed by atoms with Crippen LogP contribution in [0.15, 0.2) is 18.2 Å². The van der Waals surface area contributed by atoms with Gasteiger partial charge < -0.3 is 5.32 Å². The summed E-state index contributed by atoms with van der Waals surface area (Å²) in [5, 5.41) is 2.90. The minimum absolute atomic E-state index is 0.0821. The van der Waals surface area contributed by atoms with Crippen molar-refractivity contribution in [1.29, 1.82) is 0 Å². The number of halogens is 2. The highest BCUT2D eigenvalue weighted by Gasteiger charge is 2.12. The number of hydrogen-bond donors (Lipinski definition) is 1. The average molecular weight is 230 g/mol. The topological polar surface area (TPSA) is 29.1 Å². The van der Waals surface area contributed by atoms with Crippen molar-refractivity contribution in [3.05, 3.63) is 34.6 Å². The molecular weight excluding hydrogens is 217 g/mol. The van der Waals surface area contributed by atoms with Crippen LogP contribution in [-0.4, -0.2) is 11.9 Å². The van der Waals surface area contributed by atoms with Gasteiger partial charge in [0.15, 0.2) is 0 Å². The van der Waals surface area contributed by atoms with Gasteiger partial charge in [-0.1, -0.05) is 18.5 Å². The second-order valence-corrected chi connectivity index (χ2v) is 3.81. The zero-order chi connectivity index (χ0) is 11.4. The van der Waals surface area contributed by atoms with E-state index in [1.165, 1.54) is 12.1 Å². The molecule has 4 heteroatoms. The van der Waals surface area contributed by atoms with Gasteiger partial charge in [-0.3, -0.25) is 4.79 Å². The summed E-state index contributed by atoms with van der Waals surface area (Å²) in [6.45, 7) is 3.87. The fourth-order valence-electron chi connectivity index (χ4n) is 1.08. The Morgan fingerprint density at radius 3 is 2.80 bits per heavy atom. The predicted octanol–water partition coefficient (Wildman–Crippen LogP) is 3.01. The van der Waals surface area contributed by atoms with E-state index in [1.54, 1.807) is 0 Å². The van der Waals surface area contributed by atoms with Gasteiger partial charge in [0.2, 0.25) is 0 Å². The Morgan fingerprint density at radius 2 is 2.27 bits per heavy atom. The molecule has 0 aromatic heterocycles. The quantitative estimate of drug-likeness (QED) is 0.848. The highest BCUT2D eigenvalue weighted by molar-refractivity contribution is 6.33. The summed E-state index contributed by atoms with van der Waals surface area (Å²) < 4.78 is 12.7. The lowest BCUT2D eigenvalue weighted by Gasteiger charge is -2.11. The second-order valence-electron chi connectivity index (χ2n) is 3.41. The van der Waals surface area contributed by atoms with Gasteiger partial charge in [0.05, 0.1) is 10.6 Å². The van der Waals surface area contributed by atoms with Crippen molar-refractivity contribution in [2.75, 3.05) is 0 Å². The van der Waals surface area contributed by atoms with Gasteiger partial charge in [0.25, 0.3) is 5.91 Å². The maximum Gasteiger partial charge on any atom is 0.253 e. The number of carbonyl (C=O) groups is 1. The molecule has 0 aliphatic heterocycles. The number of nitrogens with one attached hydrogen (secondary N) is 1. The molecule has 0 aliphatic carbocycles. The number of carbonyl (C=O) groups excluding carboxylic acids is 1. The largest absolute Gasteiger partial charge is 0.350 e. The van der Waals surface area contributed by atoms with E-state index in [-0.39, 0.29) is 17.0 Å². The van der Waals surface area contributed by atoms with Crippen LogP contribution in [0.2, 0.25) is 5.02 Å². The van der Waals surface area contributed by atoms with Crippen LogP contribution in [0.4, 0.5) is 4.39 Å². The van der Waals surface area contributed by atoms with Crippen molar-refractivity contribution in [3.8, 4) is 0 Å². The van der Waals surface area contributed by atoms with Gasteiger partial charge in [0.1, 0.15) is 5.82 Å². The van der Waals surface area contributed by atoms with Crippen LogP contribution in [0, 0.1) is 5.82 Å². The van der Waals surface area contributed by atoms with Crippen LogP contribution in [0.3, 0.4) is 0 Å². The molecule has 1 aromatic rings. The predicted molar refractivity (Wildman–Crippen MR) is 58.6 cm³/mol. The summed E-state index contributed by atoms with van der Waals surface area (Å²) in [5.74, 6) is -0.713. The molecule has 0 fully saturated rings. The van der Waals surface area contributed by atoms with Gasteiger partial charge in [-0.2, -0.15) is 0 Å². The minimum Gasteiger partial charge on any atom is -0.350 e. The Kier molecular flexibility index (Phi) is 4.09. The van der Waals surface area contributed by atoms with Crippen molar-refractivity contribution in [1.82, 2.24) is 5.32 Å². The van der Waals surface area contributed by atoms with Crippen molar-refractivity contribution in [3.63, 3.8) is 0 Å². The number of amides is 1. The Hall–Kier alpha value is -1.09. The van der Waals surface area contributed by atoms with Crippen LogP contribution in [0.5, 0.6) is 0 Å². The number of benzene rings is 1. The minimum atomic E-state index is -0.444. The smallest absolute Gasteiger partial charge is 0.253 e. The van der Waals surface area contributed by atoms with E-state index in [0.29, 0.717) is 5.56 Å². The Morgan fingerprint density at radius 1 is 1.60 bits per heavy atom. The molecule has 1 rings (SSSR count). The van der Waals surface area contributed by atoms with E-state index in [2.05, 4.69) is 5.32 Å². The van der Waals surface area contributed by atoms with Crippen LogP contribution >= 0.6 is 11.6 Å².